The minimum atomic E-state index is -0.0634. The molecule has 0 spiro atoms. The van der Waals surface area contributed by atoms with Gasteiger partial charge in [-0.05, 0) is 25.0 Å². The number of aromatic nitrogens is 2. The summed E-state index contributed by atoms with van der Waals surface area (Å²) in [4.78, 5) is 27.3. The molecule has 0 N–H and O–H groups in total. The molecule has 0 bridgehead atoms. The third-order valence-corrected chi connectivity index (χ3v) is 5.65. The molecule has 6 nitrogen and oxygen atoms in total. The standard InChI is InChI=1S/C19H25N3O3/c1-20-14-6-2-3-7-15(14)22(19(20)24)11-10-18(23)21-12-13-25-17-9-5-4-8-16(17)21/h2-3,6-7,16-17H,4-5,8-13H2,1H3/t16-,17-/m0/s1. The van der Waals surface area contributed by atoms with Gasteiger partial charge in [0, 0.05) is 26.6 Å². The predicted molar refractivity (Wildman–Crippen MR) is 95.5 cm³/mol. The summed E-state index contributed by atoms with van der Waals surface area (Å²) in [5, 5.41) is 0. The molecule has 2 fully saturated rings. The van der Waals surface area contributed by atoms with Crippen molar-refractivity contribution in [2.75, 3.05) is 13.2 Å². The lowest BCUT2D eigenvalue weighted by molar-refractivity contribution is -0.149. The van der Waals surface area contributed by atoms with Crippen molar-refractivity contribution in [3.63, 3.8) is 0 Å². The highest BCUT2D eigenvalue weighted by Crippen LogP contribution is 2.28. The minimum absolute atomic E-state index is 0.0634. The summed E-state index contributed by atoms with van der Waals surface area (Å²) in [6.45, 7) is 1.72. The van der Waals surface area contributed by atoms with Crippen LogP contribution in [0.25, 0.3) is 11.0 Å². The van der Waals surface area contributed by atoms with Crippen LogP contribution >= 0.6 is 0 Å². The van der Waals surface area contributed by atoms with E-state index in [1.54, 1.807) is 16.2 Å². The zero-order chi connectivity index (χ0) is 17.4. The van der Waals surface area contributed by atoms with Crippen LogP contribution in [-0.2, 0) is 23.1 Å². The molecule has 2 aliphatic rings. The molecule has 1 aromatic carbocycles. The van der Waals surface area contributed by atoms with Crippen LogP contribution in [0.3, 0.4) is 0 Å². The average molecular weight is 343 g/mol. The maximum absolute atomic E-state index is 12.8. The number of morpholine rings is 1. The van der Waals surface area contributed by atoms with Crippen LogP contribution in [0.1, 0.15) is 32.1 Å². The van der Waals surface area contributed by atoms with E-state index in [1.807, 2.05) is 29.2 Å². The van der Waals surface area contributed by atoms with Crippen molar-refractivity contribution < 1.29 is 9.53 Å². The van der Waals surface area contributed by atoms with Crippen molar-refractivity contribution in [3.05, 3.63) is 34.7 Å². The van der Waals surface area contributed by atoms with Crippen LogP contribution in [0.4, 0.5) is 0 Å². The third-order valence-electron chi connectivity index (χ3n) is 5.65. The Hall–Kier alpha value is -2.08. The Morgan fingerprint density at radius 3 is 2.80 bits per heavy atom. The SMILES string of the molecule is Cn1c(=O)n(CCC(=O)N2CCO[C@H]3CCCC[C@@H]32)c2ccccc21. The van der Waals surface area contributed by atoms with Gasteiger partial charge in [0.15, 0.2) is 0 Å². The summed E-state index contributed by atoms with van der Waals surface area (Å²) in [5.41, 5.74) is 1.73. The fraction of sp³-hybridized carbons (Fsp3) is 0.579. The zero-order valence-corrected chi connectivity index (χ0v) is 14.7. The van der Waals surface area contributed by atoms with E-state index in [0.29, 0.717) is 26.1 Å². The van der Waals surface area contributed by atoms with E-state index in [4.69, 9.17) is 4.74 Å². The molecule has 1 saturated carbocycles. The monoisotopic (exact) mass is 343 g/mol. The Kier molecular flexibility index (Phi) is 4.37. The lowest BCUT2D eigenvalue weighted by Crippen LogP contribution is -2.55. The van der Waals surface area contributed by atoms with E-state index in [9.17, 15) is 9.59 Å². The quantitative estimate of drug-likeness (QED) is 0.855. The lowest BCUT2D eigenvalue weighted by atomic mass is 9.90. The molecule has 1 saturated heterocycles. The molecule has 1 amide bonds. The number of fused-ring (bicyclic) bond motifs is 2. The molecule has 134 valence electrons. The van der Waals surface area contributed by atoms with E-state index in [0.717, 1.165) is 30.3 Å². The molecule has 1 aliphatic heterocycles. The fourth-order valence-corrected chi connectivity index (χ4v) is 4.34. The number of para-hydroxylation sites is 2. The Morgan fingerprint density at radius 1 is 1.20 bits per heavy atom. The van der Waals surface area contributed by atoms with Crippen molar-refractivity contribution in [1.82, 2.24) is 14.0 Å². The first kappa shape index (κ1) is 16.4. The summed E-state index contributed by atoms with van der Waals surface area (Å²) < 4.78 is 9.21. The second-order valence-electron chi connectivity index (χ2n) is 7.08. The van der Waals surface area contributed by atoms with Crippen LogP contribution in [0.2, 0.25) is 0 Å². The molecule has 2 heterocycles. The number of ether oxygens (including phenoxy) is 1. The number of aryl methyl sites for hydroxylation is 2. The van der Waals surface area contributed by atoms with Crippen LogP contribution in [0.15, 0.2) is 29.1 Å². The Morgan fingerprint density at radius 2 is 1.96 bits per heavy atom. The van der Waals surface area contributed by atoms with Gasteiger partial charge >= 0.3 is 5.69 Å². The molecule has 25 heavy (non-hydrogen) atoms. The van der Waals surface area contributed by atoms with Crippen LogP contribution in [0.5, 0.6) is 0 Å². The number of rotatable bonds is 3. The number of nitrogens with zero attached hydrogens (tertiary/aromatic N) is 3. The summed E-state index contributed by atoms with van der Waals surface area (Å²) in [6, 6.07) is 7.94. The molecular formula is C19H25N3O3. The highest BCUT2D eigenvalue weighted by molar-refractivity contribution is 5.78. The highest BCUT2D eigenvalue weighted by atomic mass is 16.5. The topological polar surface area (TPSA) is 56.5 Å². The number of carbonyl (C=O) groups is 1. The number of hydrogen-bond donors (Lipinski definition) is 0. The molecular weight excluding hydrogens is 318 g/mol. The zero-order valence-electron chi connectivity index (χ0n) is 14.7. The minimum Gasteiger partial charge on any atom is -0.374 e. The van der Waals surface area contributed by atoms with Crippen LogP contribution in [0, 0.1) is 0 Å². The first-order valence-corrected chi connectivity index (χ1v) is 9.22. The average Bonchev–Trinajstić information content (AvgIpc) is 2.90. The normalized spacial score (nSPS) is 23.6. The summed E-state index contributed by atoms with van der Waals surface area (Å²) in [6.07, 6.45) is 5.00. The fourth-order valence-electron chi connectivity index (χ4n) is 4.34. The van der Waals surface area contributed by atoms with Gasteiger partial charge in [-0.2, -0.15) is 0 Å². The van der Waals surface area contributed by atoms with Gasteiger partial charge in [0.05, 0.1) is 29.8 Å². The number of amides is 1. The summed E-state index contributed by atoms with van der Waals surface area (Å²) in [7, 11) is 1.78. The molecule has 4 rings (SSSR count). The predicted octanol–water partition coefficient (Wildman–Crippen LogP) is 1.90. The Bertz CT molecular complexity index is 836. The second kappa shape index (κ2) is 6.67. The number of benzene rings is 1. The summed E-state index contributed by atoms with van der Waals surface area (Å²) >= 11 is 0. The maximum atomic E-state index is 12.8. The largest absolute Gasteiger partial charge is 0.374 e. The lowest BCUT2D eigenvalue weighted by Gasteiger charge is -2.43. The van der Waals surface area contributed by atoms with E-state index in [2.05, 4.69) is 0 Å². The molecule has 0 unspecified atom stereocenters. The van der Waals surface area contributed by atoms with Crippen LogP contribution in [-0.4, -0.2) is 45.2 Å². The van der Waals surface area contributed by atoms with Crippen molar-refractivity contribution in [3.8, 4) is 0 Å². The first-order valence-electron chi connectivity index (χ1n) is 9.22. The van der Waals surface area contributed by atoms with Gasteiger partial charge < -0.3 is 9.64 Å². The Labute approximate surface area is 147 Å². The van der Waals surface area contributed by atoms with E-state index in [1.165, 1.54) is 6.42 Å². The van der Waals surface area contributed by atoms with E-state index in [-0.39, 0.29) is 23.7 Å². The van der Waals surface area contributed by atoms with Crippen molar-refractivity contribution in [1.29, 1.82) is 0 Å². The van der Waals surface area contributed by atoms with Gasteiger partial charge in [0.2, 0.25) is 5.91 Å². The van der Waals surface area contributed by atoms with Gasteiger partial charge in [-0.15, -0.1) is 0 Å². The summed E-state index contributed by atoms with van der Waals surface area (Å²) in [5.74, 6) is 0.139. The number of hydrogen-bond acceptors (Lipinski definition) is 3. The van der Waals surface area contributed by atoms with Crippen molar-refractivity contribution in [2.45, 2.75) is 50.8 Å². The van der Waals surface area contributed by atoms with Crippen molar-refractivity contribution in [2.24, 2.45) is 7.05 Å². The Balaban J connectivity index is 1.51. The third kappa shape index (κ3) is 2.88. The molecule has 2 atom stereocenters. The van der Waals surface area contributed by atoms with Crippen LogP contribution < -0.4 is 5.69 Å². The molecule has 1 aromatic heterocycles. The smallest absolute Gasteiger partial charge is 0.328 e. The first-order chi connectivity index (χ1) is 12.2. The second-order valence-corrected chi connectivity index (χ2v) is 7.08. The van der Waals surface area contributed by atoms with E-state index >= 15 is 0 Å². The highest BCUT2D eigenvalue weighted by Gasteiger charge is 2.36. The maximum Gasteiger partial charge on any atom is 0.328 e. The van der Waals surface area contributed by atoms with E-state index < -0.39 is 0 Å². The van der Waals surface area contributed by atoms with Gasteiger partial charge in [-0.3, -0.25) is 13.9 Å². The van der Waals surface area contributed by atoms with Gasteiger partial charge in [0.1, 0.15) is 0 Å². The van der Waals surface area contributed by atoms with Gasteiger partial charge in [0.25, 0.3) is 0 Å². The molecule has 1 aliphatic carbocycles. The molecule has 0 radical (unpaired) electrons. The molecule has 6 heteroatoms. The number of imidazole rings is 1. The van der Waals surface area contributed by atoms with Crippen molar-refractivity contribution >= 4 is 16.9 Å². The molecule has 2 aromatic rings. The van der Waals surface area contributed by atoms with Gasteiger partial charge in [-0.1, -0.05) is 25.0 Å². The number of carbonyl (C=O) groups excluding carboxylic acids is 1. The van der Waals surface area contributed by atoms with Gasteiger partial charge in [-0.25, -0.2) is 4.79 Å².